The Balaban J connectivity index is 1.54. The van der Waals surface area contributed by atoms with Crippen molar-refractivity contribution in [2.75, 3.05) is 24.7 Å². The maximum atomic E-state index is 13.3. The lowest BCUT2D eigenvalue weighted by Crippen LogP contribution is -2.41. The maximum Gasteiger partial charge on any atom is 0.233 e. The molecule has 2 aliphatic heterocycles. The van der Waals surface area contributed by atoms with E-state index < -0.39 is 0 Å². The Hall–Kier alpha value is -2.99. The second kappa shape index (κ2) is 7.36. The largest absolute Gasteiger partial charge is 0.381 e. The zero-order chi connectivity index (χ0) is 20.7. The highest BCUT2D eigenvalue weighted by molar-refractivity contribution is 5.98. The molecular weight excluding hydrogens is 376 g/mol. The van der Waals surface area contributed by atoms with Gasteiger partial charge < -0.3 is 9.64 Å². The Morgan fingerprint density at radius 2 is 2.03 bits per heavy atom. The minimum atomic E-state index is -0.0422. The number of fused-ring (bicyclic) bond motifs is 2. The Morgan fingerprint density at radius 1 is 1.20 bits per heavy atom. The van der Waals surface area contributed by atoms with Crippen LogP contribution in [0.5, 0.6) is 0 Å². The van der Waals surface area contributed by atoms with Crippen molar-refractivity contribution in [2.24, 2.45) is 7.05 Å². The number of aryl methyl sites for hydroxylation is 2. The van der Waals surface area contributed by atoms with Gasteiger partial charge in [0.25, 0.3) is 0 Å². The molecule has 4 heterocycles. The lowest BCUT2D eigenvalue weighted by molar-refractivity contribution is -0.118. The molecule has 0 aliphatic carbocycles. The normalized spacial score (nSPS) is 17.3. The third-order valence-corrected chi connectivity index (χ3v) is 6.45. The molecule has 3 aromatic rings. The predicted octanol–water partition coefficient (Wildman–Crippen LogP) is 3.43. The van der Waals surface area contributed by atoms with Crippen LogP contribution in [0.25, 0.3) is 11.1 Å². The molecular formula is C24H26N4O2. The number of aromatic nitrogens is 3. The van der Waals surface area contributed by atoms with E-state index in [4.69, 9.17) is 4.74 Å². The van der Waals surface area contributed by atoms with Gasteiger partial charge in [0, 0.05) is 61.6 Å². The van der Waals surface area contributed by atoms with E-state index in [1.165, 1.54) is 5.56 Å². The monoisotopic (exact) mass is 402 g/mol. The van der Waals surface area contributed by atoms with Crippen molar-refractivity contribution in [3.8, 4) is 11.1 Å². The molecule has 2 aliphatic rings. The third kappa shape index (κ3) is 3.21. The van der Waals surface area contributed by atoms with E-state index >= 15 is 0 Å². The van der Waals surface area contributed by atoms with Crippen molar-refractivity contribution >= 4 is 11.6 Å². The maximum absolute atomic E-state index is 13.3. The number of hydrogen-bond donors (Lipinski definition) is 0. The summed E-state index contributed by atoms with van der Waals surface area (Å²) in [4.78, 5) is 19.6. The number of anilines is 1. The molecule has 154 valence electrons. The summed E-state index contributed by atoms with van der Waals surface area (Å²) < 4.78 is 7.53. The molecule has 1 spiro atoms. The molecule has 0 saturated carbocycles. The molecule has 0 bridgehead atoms. The second-order valence-electron chi connectivity index (χ2n) is 8.40. The average Bonchev–Trinajstić information content (AvgIpc) is 3.26. The van der Waals surface area contributed by atoms with Crippen molar-refractivity contribution in [3.05, 3.63) is 65.7 Å². The second-order valence-corrected chi connectivity index (χ2v) is 8.40. The van der Waals surface area contributed by atoms with Gasteiger partial charge in [-0.1, -0.05) is 12.1 Å². The standard InChI is InChI=1S/C24H26N4O2/c1-17-20(15-27(2)26-17)18-6-7-22-21(13-18)24(8-11-30-12-9-24)16-28(22)23(29)14-19-5-3-4-10-25-19/h3-7,10,13,15H,8-9,11-12,14,16H2,1-2H3. The van der Waals surface area contributed by atoms with Crippen LogP contribution in [0, 0.1) is 6.92 Å². The van der Waals surface area contributed by atoms with Crippen LogP contribution in [0.3, 0.4) is 0 Å². The number of pyridine rings is 1. The summed E-state index contributed by atoms with van der Waals surface area (Å²) in [5, 5.41) is 4.50. The van der Waals surface area contributed by atoms with Crippen LogP contribution in [0.1, 0.15) is 29.8 Å². The van der Waals surface area contributed by atoms with Crippen molar-refractivity contribution in [2.45, 2.75) is 31.6 Å². The number of carbonyl (C=O) groups excluding carboxylic acids is 1. The summed E-state index contributed by atoms with van der Waals surface area (Å²) in [5.41, 5.74) is 6.37. The van der Waals surface area contributed by atoms with E-state index in [9.17, 15) is 4.79 Å². The molecule has 1 amide bonds. The highest BCUT2D eigenvalue weighted by Gasteiger charge is 2.45. The fraction of sp³-hybridized carbons (Fsp3) is 0.375. The average molecular weight is 402 g/mol. The quantitative estimate of drug-likeness (QED) is 0.674. The van der Waals surface area contributed by atoms with Gasteiger partial charge in [0.05, 0.1) is 12.1 Å². The molecule has 0 atom stereocenters. The van der Waals surface area contributed by atoms with Gasteiger partial charge in [0.15, 0.2) is 0 Å². The summed E-state index contributed by atoms with van der Waals surface area (Å²) >= 11 is 0. The molecule has 1 fully saturated rings. The zero-order valence-corrected chi connectivity index (χ0v) is 17.5. The highest BCUT2D eigenvalue weighted by atomic mass is 16.5. The molecule has 30 heavy (non-hydrogen) atoms. The molecule has 6 heteroatoms. The lowest BCUT2D eigenvalue weighted by atomic mass is 9.75. The summed E-state index contributed by atoms with van der Waals surface area (Å²) in [7, 11) is 1.95. The van der Waals surface area contributed by atoms with Gasteiger partial charge >= 0.3 is 0 Å². The Labute approximate surface area is 176 Å². The Bertz CT molecular complexity index is 1080. The lowest BCUT2D eigenvalue weighted by Gasteiger charge is -2.34. The van der Waals surface area contributed by atoms with E-state index in [0.29, 0.717) is 13.0 Å². The topological polar surface area (TPSA) is 60.2 Å². The molecule has 0 N–H and O–H groups in total. The first kappa shape index (κ1) is 19.0. The minimum Gasteiger partial charge on any atom is -0.381 e. The Kier molecular flexibility index (Phi) is 4.66. The van der Waals surface area contributed by atoms with Gasteiger partial charge in [-0.2, -0.15) is 5.10 Å². The van der Waals surface area contributed by atoms with E-state index in [0.717, 1.165) is 54.3 Å². The minimum absolute atomic E-state index is 0.0422. The van der Waals surface area contributed by atoms with E-state index in [2.05, 4.69) is 34.5 Å². The summed E-state index contributed by atoms with van der Waals surface area (Å²) in [6.07, 6.45) is 5.98. The van der Waals surface area contributed by atoms with Crippen LogP contribution in [-0.4, -0.2) is 40.4 Å². The first-order valence-electron chi connectivity index (χ1n) is 10.5. The summed E-state index contributed by atoms with van der Waals surface area (Å²) in [6, 6.07) is 12.2. The molecule has 0 radical (unpaired) electrons. The third-order valence-electron chi connectivity index (χ3n) is 6.45. The van der Waals surface area contributed by atoms with Crippen LogP contribution in [0.15, 0.2) is 48.8 Å². The number of hydrogen-bond acceptors (Lipinski definition) is 4. The number of nitrogens with zero attached hydrogens (tertiary/aromatic N) is 4. The van der Waals surface area contributed by atoms with E-state index in [1.54, 1.807) is 6.20 Å². The van der Waals surface area contributed by atoms with Gasteiger partial charge in [-0.25, -0.2) is 0 Å². The first-order chi connectivity index (χ1) is 14.6. The first-order valence-corrected chi connectivity index (χ1v) is 10.5. The number of ether oxygens (including phenoxy) is 1. The van der Waals surface area contributed by atoms with Crippen LogP contribution in [-0.2, 0) is 28.4 Å². The molecule has 0 unspecified atom stereocenters. The summed E-state index contributed by atoms with van der Waals surface area (Å²) in [5.74, 6) is 0.101. The SMILES string of the molecule is Cc1nn(C)cc1-c1ccc2c(c1)C1(CCOCC1)CN2C(=O)Cc1ccccn1. The smallest absolute Gasteiger partial charge is 0.233 e. The van der Waals surface area contributed by atoms with Gasteiger partial charge in [0.1, 0.15) is 0 Å². The van der Waals surface area contributed by atoms with Crippen molar-refractivity contribution in [1.82, 2.24) is 14.8 Å². The highest BCUT2D eigenvalue weighted by Crippen LogP contribution is 2.48. The van der Waals surface area contributed by atoms with Crippen LogP contribution >= 0.6 is 0 Å². The molecule has 1 saturated heterocycles. The fourth-order valence-electron chi connectivity index (χ4n) is 4.88. The summed E-state index contributed by atoms with van der Waals surface area (Å²) in [6.45, 7) is 4.22. The van der Waals surface area contributed by atoms with Gasteiger partial charge in [-0.05, 0) is 55.2 Å². The Morgan fingerprint density at radius 3 is 2.73 bits per heavy atom. The van der Waals surface area contributed by atoms with Crippen LogP contribution < -0.4 is 4.90 Å². The zero-order valence-electron chi connectivity index (χ0n) is 17.5. The van der Waals surface area contributed by atoms with E-state index in [-0.39, 0.29) is 11.3 Å². The molecule has 2 aromatic heterocycles. The predicted molar refractivity (Wildman–Crippen MR) is 115 cm³/mol. The van der Waals surface area contributed by atoms with Crippen LogP contribution in [0.4, 0.5) is 5.69 Å². The van der Waals surface area contributed by atoms with Crippen molar-refractivity contribution in [3.63, 3.8) is 0 Å². The number of amides is 1. The van der Waals surface area contributed by atoms with Crippen molar-refractivity contribution < 1.29 is 9.53 Å². The number of rotatable bonds is 3. The number of benzene rings is 1. The van der Waals surface area contributed by atoms with Gasteiger partial charge in [0.2, 0.25) is 5.91 Å². The van der Waals surface area contributed by atoms with Gasteiger partial charge in [-0.15, -0.1) is 0 Å². The van der Waals surface area contributed by atoms with Crippen molar-refractivity contribution in [1.29, 1.82) is 0 Å². The van der Waals surface area contributed by atoms with E-state index in [1.807, 2.05) is 41.8 Å². The molecule has 5 rings (SSSR count). The fourth-order valence-corrected chi connectivity index (χ4v) is 4.88. The molecule has 6 nitrogen and oxygen atoms in total. The molecule has 1 aromatic carbocycles. The van der Waals surface area contributed by atoms with Crippen LogP contribution in [0.2, 0.25) is 0 Å². The van der Waals surface area contributed by atoms with Gasteiger partial charge in [-0.3, -0.25) is 14.5 Å². The number of carbonyl (C=O) groups is 1.